The summed E-state index contributed by atoms with van der Waals surface area (Å²) in [6, 6.07) is 6.23. The first kappa shape index (κ1) is 21.4. The van der Waals surface area contributed by atoms with Crippen LogP contribution in [0.15, 0.2) is 41.2 Å². The average Bonchev–Trinajstić information content (AvgIpc) is 3.39. The lowest BCUT2D eigenvalue weighted by Gasteiger charge is -2.36. The lowest BCUT2D eigenvalue weighted by atomic mass is 10.1. The minimum absolute atomic E-state index is 0.0567. The molecule has 0 atom stereocenters. The van der Waals surface area contributed by atoms with Crippen molar-refractivity contribution < 1.29 is 27.4 Å². The van der Waals surface area contributed by atoms with Crippen molar-refractivity contribution in [1.82, 2.24) is 15.2 Å². The maximum absolute atomic E-state index is 12.8. The molecule has 172 valence electrons. The predicted molar refractivity (Wildman–Crippen MR) is 114 cm³/mol. The van der Waals surface area contributed by atoms with Gasteiger partial charge in [0.2, 0.25) is 12.8 Å². The van der Waals surface area contributed by atoms with Gasteiger partial charge in [-0.3, -0.25) is 10.1 Å². The van der Waals surface area contributed by atoms with E-state index in [9.17, 15) is 18.0 Å². The number of alkyl halides is 3. The summed E-state index contributed by atoms with van der Waals surface area (Å²) in [4.78, 5) is 24.4. The Kier molecular flexibility index (Phi) is 5.28. The molecule has 5 rings (SSSR count). The van der Waals surface area contributed by atoms with E-state index in [2.05, 4.69) is 15.3 Å². The molecular formula is C21H17ClF3N5O3. The number of hydrogen-bond acceptors (Lipinski definition) is 7. The average molecular weight is 480 g/mol. The van der Waals surface area contributed by atoms with Crippen molar-refractivity contribution in [3.63, 3.8) is 0 Å². The fourth-order valence-electron chi connectivity index (χ4n) is 3.72. The summed E-state index contributed by atoms with van der Waals surface area (Å²) in [5.41, 5.74) is 0.126. The number of guanidine groups is 1. The van der Waals surface area contributed by atoms with Crippen LogP contribution in [0.4, 0.5) is 19.0 Å². The number of amides is 1. The van der Waals surface area contributed by atoms with Crippen molar-refractivity contribution in [3.05, 3.63) is 52.3 Å². The predicted octanol–water partition coefficient (Wildman–Crippen LogP) is 3.13. The molecule has 8 nitrogen and oxygen atoms in total. The zero-order valence-corrected chi connectivity index (χ0v) is 17.8. The Bertz CT molecular complexity index is 1180. The van der Waals surface area contributed by atoms with Crippen LogP contribution in [0.5, 0.6) is 11.5 Å². The summed E-state index contributed by atoms with van der Waals surface area (Å²) in [5.74, 6) is 1.66. The van der Waals surface area contributed by atoms with Crippen LogP contribution >= 0.6 is 11.6 Å². The van der Waals surface area contributed by atoms with Crippen LogP contribution in [0.25, 0.3) is 6.08 Å². The molecule has 1 aromatic heterocycles. The largest absolute Gasteiger partial charge is 0.454 e. The number of nitrogens with zero attached hydrogens (tertiary/aromatic N) is 4. The number of ether oxygens (including phenoxy) is 2. The van der Waals surface area contributed by atoms with E-state index in [1.165, 1.54) is 0 Å². The maximum Gasteiger partial charge on any atom is 0.417 e. The van der Waals surface area contributed by atoms with E-state index >= 15 is 0 Å². The second-order valence-electron chi connectivity index (χ2n) is 7.53. The molecule has 0 unspecified atom stereocenters. The van der Waals surface area contributed by atoms with Crippen molar-refractivity contribution in [2.45, 2.75) is 6.18 Å². The van der Waals surface area contributed by atoms with Crippen LogP contribution in [-0.4, -0.2) is 54.7 Å². The number of halogens is 4. The number of piperazine rings is 1. The van der Waals surface area contributed by atoms with Gasteiger partial charge in [-0.15, -0.1) is 0 Å². The van der Waals surface area contributed by atoms with E-state index in [1.807, 2.05) is 4.90 Å². The van der Waals surface area contributed by atoms with Crippen LogP contribution in [0, 0.1) is 0 Å². The third-order valence-corrected chi connectivity index (χ3v) is 5.69. The van der Waals surface area contributed by atoms with Gasteiger partial charge in [0.25, 0.3) is 5.91 Å². The summed E-state index contributed by atoms with van der Waals surface area (Å²) in [6.45, 7) is 2.03. The number of nitrogens with one attached hydrogen (secondary N) is 1. The molecule has 0 radical (unpaired) electrons. The van der Waals surface area contributed by atoms with Gasteiger partial charge in [0.1, 0.15) is 11.5 Å². The van der Waals surface area contributed by atoms with Crippen molar-refractivity contribution in [2.24, 2.45) is 4.99 Å². The molecule has 0 spiro atoms. The fraction of sp³-hybridized carbons (Fsp3) is 0.286. The fourth-order valence-corrected chi connectivity index (χ4v) is 4.00. The number of fused-ring (bicyclic) bond motifs is 1. The molecule has 1 fully saturated rings. The van der Waals surface area contributed by atoms with Crippen LogP contribution in [0.3, 0.4) is 0 Å². The van der Waals surface area contributed by atoms with Crippen LogP contribution in [-0.2, 0) is 11.0 Å². The first-order valence-electron chi connectivity index (χ1n) is 10.0. The summed E-state index contributed by atoms with van der Waals surface area (Å²) < 4.78 is 49.2. The summed E-state index contributed by atoms with van der Waals surface area (Å²) in [5, 5.41) is 2.71. The number of anilines is 1. The minimum Gasteiger partial charge on any atom is -0.454 e. The molecule has 3 aliphatic rings. The molecule has 0 bridgehead atoms. The highest BCUT2D eigenvalue weighted by Gasteiger charge is 2.33. The van der Waals surface area contributed by atoms with Gasteiger partial charge in [0, 0.05) is 32.4 Å². The Labute approximate surface area is 191 Å². The number of benzene rings is 1. The lowest BCUT2D eigenvalue weighted by Crippen LogP contribution is -2.52. The van der Waals surface area contributed by atoms with Crippen molar-refractivity contribution >= 4 is 35.4 Å². The standard InChI is InChI=1S/C21H17ClF3N5O3/c22-14-9-13(21(23,24)25)10-26-18(14)29-3-5-30(6-4-29)20-27-15(19(31)28-20)7-12-1-2-16-17(8-12)33-11-32-16/h1-2,7-10H,3-6,11H2,(H,27,28,31)/b15-7-. The highest BCUT2D eigenvalue weighted by Crippen LogP contribution is 2.34. The zero-order valence-electron chi connectivity index (χ0n) is 17.0. The Morgan fingerprint density at radius 1 is 1.06 bits per heavy atom. The van der Waals surface area contributed by atoms with E-state index in [-0.39, 0.29) is 23.4 Å². The molecule has 0 saturated carbocycles. The smallest absolute Gasteiger partial charge is 0.417 e. The molecule has 1 saturated heterocycles. The molecule has 4 heterocycles. The Morgan fingerprint density at radius 2 is 1.79 bits per heavy atom. The number of aliphatic imine (C=N–C) groups is 1. The maximum atomic E-state index is 12.8. The van der Waals surface area contributed by atoms with E-state index in [1.54, 1.807) is 29.2 Å². The number of hydrogen-bond donors (Lipinski definition) is 1. The van der Waals surface area contributed by atoms with Gasteiger partial charge in [0.05, 0.1) is 10.6 Å². The van der Waals surface area contributed by atoms with Crippen molar-refractivity contribution in [2.75, 3.05) is 37.9 Å². The first-order chi connectivity index (χ1) is 15.8. The number of carbonyl (C=O) groups is 1. The van der Waals surface area contributed by atoms with Crippen LogP contribution in [0.1, 0.15) is 11.1 Å². The molecular weight excluding hydrogens is 463 g/mol. The quantitative estimate of drug-likeness (QED) is 0.667. The topological polar surface area (TPSA) is 79.3 Å². The number of carbonyl (C=O) groups excluding carboxylic acids is 1. The number of aromatic nitrogens is 1. The summed E-state index contributed by atoms with van der Waals surface area (Å²) in [6.07, 6.45) is -2.06. The molecule has 1 N–H and O–H groups in total. The molecule has 0 aliphatic carbocycles. The van der Waals surface area contributed by atoms with Gasteiger partial charge in [-0.2, -0.15) is 13.2 Å². The van der Waals surface area contributed by atoms with E-state index in [4.69, 9.17) is 21.1 Å². The molecule has 1 amide bonds. The SMILES string of the molecule is O=C1NC(N2CCN(c3ncc(C(F)(F)F)cc3Cl)CC2)=N/C1=C\c1ccc2c(c1)OCO2. The highest BCUT2D eigenvalue weighted by atomic mass is 35.5. The van der Waals surface area contributed by atoms with Gasteiger partial charge in [-0.25, -0.2) is 9.98 Å². The Morgan fingerprint density at radius 3 is 2.52 bits per heavy atom. The number of pyridine rings is 1. The molecule has 1 aromatic carbocycles. The Hall–Kier alpha value is -3.47. The molecule has 2 aromatic rings. The monoisotopic (exact) mass is 479 g/mol. The second kappa shape index (κ2) is 8.14. The molecule has 3 aliphatic heterocycles. The molecule has 12 heteroatoms. The second-order valence-corrected chi connectivity index (χ2v) is 7.94. The van der Waals surface area contributed by atoms with Crippen LogP contribution < -0.4 is 19.7 Å². The lowest BCUT2D eigenvalue weighted by molar-refractivity contribution is -0.137. The van der Waals surface area contributed by atoms with Gasteiger partial charge < -0.3 is 19.3 Å². The van der Waals surface area contributed by atoms with Gasteiger partial charge in [-0.1, -0.05) is 17.7 Å². The minimum atomic E-state index is -4.50. The van der Waals surface area contributed by atoms with Gasteiger partial charge in [-0.05, 0) is 29.8 Å². The van der Waals surface area contributed by atoms with E-state index in [0.717, 1.165) is 17.8 Å². The van der Waals surface area contributed by atoms with Crippen molar-refractivity contribution in [3.8, 4) is 11.5 Å². The van der Waals surface area contributed by atoms with Crippen molar-refractivity contribution in [1.29, 1.82) is 0 Å². The van der Waals surface area contributed by atoms with Gasteiger partial charge >= 0.3 is 6.18 Å². The number of rotatable bonds is 2. The van der Waals surface area contributed by atoms with Gasteiger partial charge in [0.15, 0.2) is 11.5 Å². The zero-order chi connectivity index (χ0) is 23.2. The summed E-state index contributed by atoms with van der Waals surface area (Å²) >= 11 is 6.06. The normalized spacial score (nSPS) is 19.2. The third-order valence-electron chi connectivity index (χ3n) is 5.41. The summed E-state index contributed by atoms with van der Waals surface area (Å²) in [7, 11) is 0. The van der Waals surface area contributed by atoms with E-state index < -0.39 is 11.7 Å². The van der Waals surface area contributed by atoms with Crippen LogP contribution in [0.2, 0.25) is 5.02 Å². The van der Waals surface area contributed by atoms with E-state index in [0.29, 0.717) is 49.5 Å². The molecule has 33 heavy (non-hydrogen) atoms. The first-order valence-corrected chi connectivity index (χ1v) is 10.4. The Balaban J connectivity index is 1.26. The highest BCUT2D eigenvalue weighted by molar-refractivity contribution is 6.33. The third kappa shape index (κ3) is 4.28.